The smallest absolute Gasteiger partial charge is 0.377 e. The van der Waals surface area contributed by atoms with E-state index in [9.17, 15) is 9.59 Å². The van der Waals surface area contributed by atoms with Crippen LogP contribution in [0.1, 0.15) is 95.9 Å². The number of carbonyl (C=O) groups excluding carboxylic acids is 2. The molecule has 304 valence electrons. The molecule has 11 heteroatoms. The Morgan fingerprint density at radius 3 is 1.71 bits per heavy atom. The fraction of sp³-hybridized carbons (Fsp3) is 0.500. The number of urea groups is 2. The van der Waals surface area contributed by atoms with Crippen LogP contribution in [0.15, 0.2) is 86.0 Å². The molecule has 9 nitrogen and oxygen atoms in total. The van der Waals surface area contributed by atoms with Crippen molar-refractivity contribution in [2.45, 2.75) is 90.8 Å². The second kappa shape index (κ2) is 24.1. The van der Waals surface area contributed by atoms with Crippen molar-refractivity contribution in [3.05, 3.63) is 108 Å². The van der Waals surface area contributed by atoms with Gasteiger partial charge in [-0.05, 0) is 125 Å². The fourth-order valence-electron chi connectivity index (χ4n) is 6.03. The topological polar surface area (TPSA) is 110 Å². The van der Waals surface area contributed by atoms with Gasteiger partial charge in [-0.2, -0.15) is 11.8 Å². The van der Waals surface area contributed by atoms with Crippen LogP contribution in [0.5, 0.6) is 0 Å². The summed E-state index contributed by atoms with van der Waals surface area (Å²) in [4.78, 5) is 25.5. The fourth-order valence-corrected chi connectivity index (χ4v) is 9.07. The molecule has 4 amide bonds. The SMILES string of the molecule is C=C(C)c1cccc(C(C)(C)NC(=O)NC/C=C/CCC(C/C=C/CNC(=O)NC(C)(C)c2cccc(C(=C)C)c2)CCSCCC[Si](OC)(OC)OC)c1. The zero-order valence-corrected chi connectivity index (χ0v) is 36.8. The minimum atomic E-state index is -2.54. The predicted molar refractivity (Wildman–Crippen MR) is 235 cm³/mol. The molecule has 0 aromatic heterocycles. The third-order valence-corrected chi connectivity index (χ3v) is 13.6. The molecule has 55 heavy (non-hydrogen) atoms. The average Bonchev–Trinajstić information content (AvgIpc) is 3.15. The summed E-state index contributed by atoms with van der Waals surface area (Å²) in [6.07, 6.45) is 13.3. The first-order valence-electron chi connectivity index (χ1n) is 19.3. The Balaban J connectivity index is 1.87. The van der Waals surface area contributed by atoms with E-state index in [1.54, 1.807) is 21.3 Å². The molecule has 0 aliphatic heterocycles. The first kappa shape index (κ1) is 47.5. The zero-order chi connectivity index (χ0) is 40.9. The molecule has 0 spiro atoms. The Kier molecular flexibility index (Phi) is 20.8. The number of rotatable bonds is 25. The molecule has 1 unspecified atom stereocenters. The molecule has 4 N–H and O–H groups in total. The van der Waals surface area contributed by atoms with Crippen LogP contribution in [0.4, 0.5) is 9.59 Å². The van der Waals surface area contributed by atoms with Crippen LogP contribution < -0.4 is 21.3 Å². The van der Waals surface area contributed by atoms with Crippen molar-refractivity contribution in [2.75, 3.05) is 45.9 Å². The Morgan fingerprint density at radius 1 is 0.745 bits per heavy atom. The number of hydrogen-bond acceptors (Lipinski definition) is 6. The number of allylic oxidation sites excluding steroid dienone is 4. The third kappa shape index (κ3) is 17.4. The predicted octanol–water partition coefficient (Wildman–Crippen LogP) is 9.81. The Morgan fingerprint density at radius 2 is 1.24 bits per heavy atom. The summed E-state index contributed by atoms with van der Waals surface area (Å²) in [6.45, 7) is 20.9. The molecule has 0 bridgehead atoms. The van der Waals surface area contributed by atoms with Gasteiger partial charge in [0, 0.05) is 40.5 Å². The van der Waals surface area contributed by atoms with Gasteiger partial charge >= 0.3 is 20.9 Å². The number of hydrogen-bond donors (Lipinski definition) is 4. The summed E-state index contributed by atoms with van der Waals surface area (Å²) in [6, 6.07) is 16.6. The van der Waals surface area contributed by atoms with E-state index in [4.69, 9.17) is 13.3 Å². The van der Waals surface area contributed by atoms with Crippen molar-refractivity contribution < 1.29 is 22.9 Å². The summed E-state index contributed by atoms with van der Waals surface area (Å²) in [5.74, 6) is 2.56. The molecule has 1 atom stereocenters. The first-order valence-corrected chi connectivity index (χ1v) is 22.3. The normalized spacial score (nSPS) is 12.8. The maximum atomic E-state index is 12.8. The Labute approximate surface area is 337 Å². The molecule has 0 radical (unpaired) electrons. The van der Waals surface area contributed by atoms with E-state index in [2.05, 4.69) is 58.7 Å². The van der Waals surface area contributed by atoms with Crippen LogP contribution in [-0.4, -0.2) is 66.8 Å². The van der Waals surface area contributed by atoms with Gasteiger partial charge in [-0.1, -0.05) is 85.0 Å². The van der Waals surface area contributed by atoms with Crippen LogP contribution >= 0.6 is 11.8 Å². The van der Waals surface area contributed by atoms with Gasteiger partial charge in [-0.15, -0.1) is 0 Å². The highest BCUT2D eigenvalue weighted by Crippen LogP contribution is 2.25. The number of carbonyl (C=O) groups is 2. The van der Waals surface area contributed by atoms with Gasteiger partial charge in [0.2, 0.25) is 0 Å². The second-order valence-electron chi connectivity index (χ2n) is 15.1. The summed E-state index contributed by atoms with van der Waals surface area (Å²) in [7, 11) is 2.43. The summed E-state index contributed by atoms with van der Waals surface area (Å²) in [5.41, 5.74) is 5.08. The van der Waals surface area contributed by atoms with Crippen LogP contribution in [0.25, 0.3) is 11.1 Å². The van der Waals surface area contributed by atoms with Gasteiger partial charge in [0.15, 0.2) is 0 Å². The number of amides is 4. The Bertz CT molecular complexity index is 1580. The van der Waals surface area contributed by atoms with Gasteiger partial charge < -0.3 is 34.5 Å². The largest absolute Gasteiger partial charge is 0.500 e. The number of benzene rings is 2. The van der Waals surface area contributed by atoms with Crippen molar-refractivity contribution in [2.24, 2.45) is 5.92 Å². The molecule has 0 saturated carbocycles. The van der Waals surface area contributed by atoms with Crippen molar-refractivity contribution in [1.29, 1.82) is 0 Å². The van der Waals surface area contributed by atoms with E-state index in [0.29, 0.717) is 19.0 Å². The highest BCUT2D eigenvalue weighted by atomic mass is 32.2. The average molecular weight is 793 g/mol. The van der Waals surface area contributed by atoms with E-state index in [-0.39, 0.29) is 12.1 Å². The second-order valence-corrected chi connectivity index (χ2v) is 19.4. The van der Waals surface area contributed by atoms with E-state index < -0.39 is 19.9 Å². The van der Waals surface area contributed by atoms with Gasteiger partial charge in [0.25, 0.3) is 0 Å². The van der Waals surface area contributed by atoms with Crippen molar-refractivity contribution >= 4 is 43.8 Å². The van der Waals surface area contributed by atoms with Crippen LogP contribution in [0, 0.1) is 5.92 Å². The molecule has 2 aromatic rings. The quantitative estimate of drug-likeness (QED) is 0.0453. The highest BCUT2D eigenvalue weighted by molar-refractivity contribution is 7.99. The molecular formula is C44H68N4O5SSi. The maximum absolute atomic E-state index is 12.8. The van der Waals surface area contributed by atoms with Gasteiger partial charge in [0.05, 0.1) is 11.1 Å². The zero-order valence-electron chi connectivity index (χ0n) is 34.9. The van der Waals surface area contributed by atoms with Gasteiger partial charge in [-0.3, -0.25) is 0 Å². The lowest BCUT2D eigenvalue weighted by Gasteiger charge is -2.27. The third-order valence-electron chi connectivity index (χ3n) is 9.69. The van der Waals surface area contributed by atoms with Gasteiger partial charge in [-0.25, -0.2) is 9.59 Å². The maximum Gasteiger partial charge on any atom is 0.500 e. The molecule has 0 fully saturated rings. The molecule has 0 saturated heterocycles. The van der Waals surface area contributed by atoms with Crippen molar-refractivity contribution in [3.8, 4) is 0 Å². The number of thioether (sulfide) groups is 1. The van der Waals surface area contributed by atoms with E-state index >= 15 is 0 Å². The van der Waals surface area contributed by atoms with Crippen LogP contribution in [0.2, 0.25) is 6.04 Å². The monoisotopic (exact) mass is 792 g/mol. The summed E-state index contributed by atoms with van der Waals surface area (Å²) in [5, 5.41) is 12.1. The lowest BCUT2D eigenvalue weighted by atomic mass is 9.92. The highest BCUT2D eigenvalue weighted by Gasteiger charge is 2.36. The molecule has 0 heterocycles. The van der Waals surface area contributed by atoms with Crippen molar-refractivity contribution in [1.82, 2.24) is 21.3 Å². The van der Waals surface area contributed by atoms with Crippen LogP contribution in [0.3, 0.4) is 0 Å². The van der Waals surface area contributed by atoms with Gasteiger partial charge in [0.1, 0.15) is 0 Å². The van der Waals surface area contributed by atoms with Crippen molar-refractivity contribution in [3.63, 3.8) is 0 Å². The van der Waals surface area contributed by atoms with Crippen LogP contribution in [-0.2, 0) is 24.4 Å². The molecular weight excluding hydrogens is 725 g/mol. The Hall–Kier alpha value is -3.61. The molecule has 0 aliphatic carbocycles. The lowest BCUT2D eigenvalue weighted by molar-refractivity contribution is 0.123. The van der Waals surface area contributed by atoms with E-state index in [1.165, 1.54) is 0 Å². The standard InChI is InChI=1S/C44H68N4O5SSi/c1-34(2)37-22-17-24-39(32-37)43(5,6)47-41(49)45-27-15-12-13-20-36(26-30-54-29-19-31-55(51-9,52-10)53-11)21-14-16-28-46-42(50)48-44(7,8)40-25-18-23-38(33-40)35(3)4/h12,14-18,22-25,32-33,36H,1,3,13,19-21,26-31H2,2,4-11H3,(H2,45,47,49)(H2,46,48,50)/b15-12+,16-14+. The lowest BCUT2D eigenvalue weighted by Crippen LogP contribution is -2.46. The van der Waals surface area contributed by atoms with E-state index in [1.807, 2.05) is 102 Å². The molecule has 2 rings (SSSR count). The molecule has 2 aromatic carbocycles. The number of nitrogens with one attached hydrogen (secondary N) is 4. The minimum absolute atomic E-state index is 0.209. The van der Waals surface area contributed by atoms with E-state index in [0.717, 1.165) is 83.1 Å². The summed E-state index contributed by atoms with van der Waals surface area (Å²) >= 11 is 1.95. The minimum Gasteiger partial charge on any atom is -0.377 e. The first-order chi connectivity index (χ1) is 26.1. The summed E-state index contributed by atoms with van der Waals surface area (Å²) < 4.78 is 16.7. The molecule has 0 aliphatic rings.